The summed E-state index contributed by atoms with van der Waals surface area (Å²) in [4.78, 5) is 10.6. The number of aryl methyl sites for hydroxylation is 1. The number of aromatic nitrogens is 2. The Morgan fingerprint density at radius 3 is 2.71 bits per heavy atom. The van der Waals surface area contributed by atoms with E-state index < -0.39 is 0 Å². The molecule has 0 aliphatic carbocycles. The second-order valence-electron chi connectivity index (χ2n) is 3.42. The number of nitroso groups, excluding NO2 is 1. The second-order valence-corrected chi connectivity index (χ2v) is 4.26. The first-order valence-electron chi connectivity index (χ1n) is 4.68. The molecule has 0 saturated heterocycles. The zero-order valence-electron chi connectivity index (χ0n) is 8.82. The van der Waals surface area contributed by atoms with Crippen molar-refractivity contribution >= 4 is 34.7 Å². The summed E-state index contributed by atoms with van der Waals surface area (Å²) in [6.45, 7) is 1.64. The Bertz CT molecular complexity index is 594. The van der Waals surface area contributed by atoms with Crippen molar-refractivity contribution in [3.8, 4) is 5.69 Å². The van der Waals surface area contributed by atoms with Gasteiger partial charge in [-0.1, -0.05) is 23.2 Å². The van der Waals surface area contributed by atoms with Crippen LogP contribution in [0.1, 0.15) is 5.69 Å². The van der Waals surface area contributed by atoms with Crippen LogP contribution in [0.15, 0.2) is 23.4 Å². The second kappa shape index (κ2) is 4.35. The van der Waals surface area contributed by atoms with Crippen molar-refractivity contribution in [3.05, 3.63) is 38.8 Å². The number of hydrogen-bond donors (Lipinski definition) is 1. The number of nitrogens with zero attached hydrogens (tertiary/aromatic N) is 3. The van der Waals surface area contributed by atoms with Crippen LogP contribution in [0.5, 0.6) is 0 Å². The summed E-state index contributed by atoms with van der Waals surface area (Å²) in [7, 11) is 0. The monoisotopic (exact) mass is 270 g/mol. The van der Waals surface area contributed by atoms with Gasteiger partial charge < -0.3 is 5.73 Å². The zero-order valence-corrected chi connectivity index (χ0v) is 10.3. The van der Waals surface area contributed by atoms with Gasteiger partial charge in [0.2, 0.25) is 0 Å². The topological polar surface area (TPSA) is 73.3 Å². The van der Waals surface area contributed by atoms with Gasteiger partial charge in [0.05, 0.1) is 16.4 Å². The Kier molecular flexibility index (Phi) is 3.04. The Balaban J connectivity index is 2.68. The third-order valence-electron chi connectivity index (χ3n) is 2.29. The Hall–Kier alpha value is -1.59. The summed E-state index contributed by atoms with van der Waals surface area (Å²) >= 11 is 11.9. The van der Waals surface area contributed by atoms with E-state index in [1.165, 1.54) is 4.68 Å². The predicted octanol–water partition coefficient (Wildman–Crippen LogP) is 3.47. The first kappa shape index (κ1) is 11.9. The van der Waals surface area contributed by atoms with Gasteiger partial charge in [0.15, 0.2) is 11.5 Å². The lowest BCUT2D eigenvalue weighted by Crippen LogP contribution is -2.02. The van der Waals surface area contributed by atoms with Gasteiger partial charge in [0, 0.05) is 5.02 Å². The summed E-state index contributed by atoms with van der Waals surface area (Å²) in [5.74, 6) is 0.140. The third-order valence-corrected chi connectivity index (χ3v) is 2.85. The zero-order chi connectivity index (χ0) is 12.6. The lowest BCUT2D eigenvalue weighted by Gasteiger charge is -2.06. The minimum Gasteiger partial charge on any atom is -0.382 e. The van der Waals surface area contributed by atoms with Gasteiger partial charge in [-0.05, 0) is 30.3 Å². The molecule has 0 aliphatic rings. The number of anilines is 1. The molecule has 2 aromatic rings. The van der Waals surface area contributed by atoms with E-state index in [-0.39, 0.29) is 11.5 Å². The van der Waals surface area contributed by atoms with Gasteiger partial charge in [0.1, 0.15) is 0 Å². The van der Waals surface area contributed by atoms with E-state index in [2.05, 4.69) is 10.3 Å². The molecule has 17 heavy (non-hydrogen) atoms. The molecule has 5 nitrogen and oxygen atoms in total. The molecule has 2 rings (SSSR count). The summed E-state index contributed by atoms with van der Waals surface area (Å²) < 4.78 is 1.35. The predicted molar refractivity (Wildman–Crippen MR) is 68.2 cm³/mol. The summed E-state index contributed by atoms with van der Waals surface area (Å²) in [6.07, 6.45) is 0. The molecule has 0 unspecified atom stereocenters. The van der Waals surface area contributed by atoms with E-state index in [1.54, 1.807) is 25.1 Å². The van der Waals surface area contributed by atoms with Gasteiger partial charge in [-0.25, -0.2) is 4.68 Å². The smallest absolute Gasteiger partial charge is 0.172 e. The van der Waals surface area contributed by atoms with E-state index in [1.807, 2.05) is 0 Å². The van der Waals surface area contributed by atoms with Gasteiger partial charge in [0.25, 0.3) is 0 Å². The van der Waals surface area contributed by atoms with Crippen LogP contribution in [-0.4, -0.2) is 9.78 Å². The minimum atomic E-state index is 0.112. The quantitative estimate of drug-likeness (QED) is 0.850. The maximum Gasteiger partial charge on any atom is 0.172 e. The van der Waals surface area contributed by atoms with Crippen molar-refractivity contribution in [2.24, 2.45) is 5.18 Å². The molecule has 0 amide bonds. The lowest BCUT2D eigenvalue weighted by atomic mass is 10.3. The molecular weight excluding hydrogens is 263 g/mol. The number of benzene rings is 1. The number of nitrogens with two attached hydrogens (primary N) is 1. The highest BCUT2D eigenvalue weighted by molar-refractivity contribution is 6.34. The van der Waals surface area contributed by atoms with E-state index >= 15 is 0 Å². The third kappa shape index (κ3) is 1.99. The van der Waals surface area contributed by atoms with E-state index in [0.29, 0.717) is 21.4 Å². The van der Waals surface area contributed by atoms with Gasteiger partial charge in [-0.15, -0.1) is 4.91 Å². The largest absolute Gasteiger partial charge is 0.382 e. The number of halogens is 2. The first-order valence-corrected chi connectivity index (χ1v) is 5.44. The van der Waals surface area contributed by atoms with Gasteiger partial charge in [-0.3, -0.25) is 0 Å². The fourth-order valence-corrected chi connectivity index (χ4v) is 1.85. The molecule has 1 aromatic heterocycles. The molecule has 0 atom stereocenters. The van der Waals surface area contributed by atoms with E-state index in [9.17, 15) is 4.91 Å². The molecule has 1 aromatic carbocycles. The number of hydrogen-bond acceptors (Lipinski definition) is 4. The van der Waals surface area contributed by atoms with Crippen molar-refractivity contribution in [3.63, 3.8) is 0 Å². The Labute approximate surface area is 107 Å². The van der Waals surface area contributed by atoms with Crippen LogP contribution in [0.3, 0.4) is 0 Å². The number of rotatable bonds is 2. The molecule has 88 valence electrons. The summed E-state index contributed by atoms with van der Waals surface area (Å²) in [6, 6.07) is 4.89. The highest BCUT2D eigenvalue weighted by Crippen LogP contribution is 2.32. The van der Waals surface area contributed by atoms with Crippen molar-refractivity contribution in [2.45, 2.75) is 6.92 Å². The van der Waals surface area contributed by atoms with E-state index in [4.69, 9.17) is 28.9 Å². The minimum absolute atomic E-state index is 0.112. The van der Waals surface area contributed by atoms with Crippen molar-refractivity contribution in [1.82, 2.24) is 9.78 Å². The molecule has 7 heteroatoms. The molecule has 0 radical (unpaired) electrons. The highest BCUT2D eigenvalue weighted by atomic mass is 35.5. The lowest BCUT2D eigenvalue weighted by molar-refractivity contribution is 0.872. The van der Waals surface area contributed by atoms with Crippen LogP contribution in [0.25, 0.3) is 5.69 Å². The summed E-state index contributed by atoms with van der Waals surface area (Å²) in [5.41, 5.74) is 6.83. The summed E-state index contributed by atoms with van der Waals surface area (Å²) in [5, 5.41) is 7.87. The van der Waals surface area contributed by atoms with Crippen molar-refractivity contribution in [1.29, 1.82) is 0 Å². The van der Waals surface area contributed by atoms with Gasteiger partial charge >= 0.3 is 0 Å². The van der Waals surface area contributed by atoms with Crippen LogP contribution < -0.4 is 5.73 Å². The normalized spacial score (nSPS) is 10.5. The van der Waals surface area contributed by atoms with Crippen LogP contribution >= 0.6 is 23.2 Å². The molecule has 2 N–H and O–H groups in total. The molecule has 0 saturated carbocycles. The molecule has 0 bridgehead atoms. The standard InChI is InChI=1S/C10H8Cl2N4O/c1-5-9(15-17)10(13)16(14-5)8-4-6(11)2-3-7(8)12/h2-4H,13H2,1H3. The first-order chi connectivity index (χ1) is 8.04. The Morgan fingerprint density at radius 1 is 1.41 bits per heavy atom. The Morgan fingerprint density at radius 2 is 2.12 bits per heavy atom. The SMILES string of the molecule is Cc1nn(-c2cc(Cl)ccc2Cl)c(N)c1N=O. The van der Waals surface area contributed by atoms with Crippen LogP contribution in [-0.2, 0) is 0 Å². The number of nitrogen functional groups attached to an aromatic ring is 1. The maximum absolute atomic E-state index is 10.6. The average molecular weight is 271 g/mol. The molecule has 0 aliphatic heterocycles. The van der Waals surface area contributed by atoms with Crippen LogP contribution in [0.4, 0.5) is 11.5 Å². The van der Waals surface area contributed by atoms with E-state index in [0.717, 1.165) is 0 Å². The van der Waals surface area contributed by atoms with Crippen molar-refractivity contribution in [2.75, 3.05) is 5.73 Å². The maximum atomic E-state index is 10.6. The molecule has 0 spiro atoms. The van der Waals surface area contributed by atoms with Crippen LogP contribution in [0, 0.1) is 11.8 Å². The fraction of sp³-hybridized carbons (Fsp3) is 0.100. The van der Waals surface area contributed by atoms with Crippen LogP contribution in [0.2, 0.25) is 10.0 Å². The molecule has 0 fully saturated rings. The fourth-order valence-electron chi connectivity index (χ4n) is 1.48. The van der Waals surface area contributed by atoms with Crippen molar-refractivity contribution < 1.29 is 0 Å². The molecular formula is C10H8Cl2N4O. The molecule has 1 heterocycles. The van der Waals surface area contributed by atoms with Gasteiger partial charge in [-0.2, -0.15) is 5.10 Å². The average Bonchev–Trinajstić information content (AvgIpc) is 2.57. The highest BCUT2D eigenvalue weighted by Gasteiger charge is 2.16.